The molecule has 0 radical (unpaired) electrons. The van der Waals surface area contributed by atoms with Crippen LogP contribution in [-0.2, 0) is 4.79 Å². The van der Waals surface area contributed by atoms with E-state index >= 15 is 0 Å². The molecule has 3 unspecified atom stereocenters. The molecule has 0 saturated heterocycles. The molecule has 3 atom stereocenters. The third kappa shape index (κ3) is 35.0. The third-order valence-corrected chi connectivity index (χ3v) is 10.0. The van der Waals surface area contributed by atoms with E-state index in [2.05, 4.69) is 43.5 Å². The molecule has 290 valence electrons. The molecule has 0 rings (SSSR count). The van der Waals surface area contributed by atoms with E-state index in [1.807, 2.05) is 0 Å². The summed E-state index contributed by atoms with van der Waals surface area (Å²) in [4.78, 5) is 12.4. The molecule has 0 aliphatic carbocycles. The van der Waals surface area contributed by atoms with Crippen LogP contribution >= 0.6 is 0 Å². The summed E-state index contributed by atoms with van der Waals surface area (Å²) in [5, 5.41) is 33.5. The SMILES string of the molecule is CCCCCCCCC/C=C/CC/C=C/CCCC(O)C(O)C(CO)NC(=O)CCCCCCCCCCCCCCCCCCCCC. The summed E-state index contributed by atoms with van der Waals surface area (Å²) in [7, 11) is 0. The number of nitrogens with one attached hydrogen (secondary N) is 1. The molecule has 5 nitrogen and oxygen atoms in total. The van der Waals surface area contributed by atoms with Crippen molar-refractivity contribution in [2.45, 2.75) is 244 Å². The zero-order valence-corrected chi connectivity index (χ0v) is 32.8. The van der Waals surface area contributed by atoms with Gasteiger partial charge in [-0.25, -0.2) is 0 Å². The first-order chi connectivity index (χ1) is 24.1. The van der Waals surface area contributed by atoms with Gasteiger partial charge in [-0.1, -0.05) is 192 Å². The van der Waals surface area contributed by atoms with Crippen molar-refractivity contribution in [3.8, 4) is 0 Å². The van der Waals surface area contributed by atoms with Gasteiger partial charge in [0.25, 0.3) is 0 Å². The van der Waals surface area contributed by atoms with Crippen LogP contribution in [0.4, 0.5) is 0 Å². The largest absolute Gasteiger partial charge is 0.394 e. The topological polar surface area (TPSA) is 89.8 Å². The van der Waals surface area contributed by atoms with Gasteiger partial charge in [0.1, 0.15) is 6.10 Å². The minimum Gasteiger partial charge on any atom is -0.394 e. The van der Waals surface area contributed by atoms with Gasteiger partial charge in [0, 0.05) is 6.42 Å². The van der Waals surface area contributed by atoms with Gasteiger partial charge in [-0.15, -0.1) is 0 Å². The molecule has 1 amide bonds. The summed E-state index contributed by atoms with van der Waals surface area (Å²) in [5.41, 5.74) is 0. The fraction of sp³-hybridized carbons (Fsp3) is 0.886. The van der Waals surface area contributed by atoms with E-state index in [0.29, 0.717) is 12.8 Å². The second-order valence-corrected chi connectivity index (χ2v) is 14.9. The zero-order valence-electron chi connectivity index (χ0n) is 32.8. The van der Waals surface area contributed by atoms with Gasteiger partial charge in [-0.2, -0.15) is 0 Å². The van der Waals surface area contributed by atoms with Crippen LogP contribution in [-0.4, -0.2) is 46.1 Å². The minimum absolute atomic E-state index is 0.156. The van der Waals surface area contributed by atoms with Crippen molar-refractivity contribution in [1.29, 1.82) is 0 Å². The first kappa shape index (κ1) is 47.8. The fourth-order valence-corrected chi connectivity index (χ4v) is 6.65. The van der Waals surface area contributed by atoms with Crippen LogP contribution < -0.4 is 5.32 Å². The van der Waals surface area contributed by atoms with Crippen molar-refractivity contribution in [2.75, 3.05) is 6.61 Å². The highest BCUT2D eigenvalue weighted by molar-refractivity contribution is 5.76. The molecule has 0 aromatic rings. The van der Waals surface area contributed by atoms with Crippen LogP contribution in [0.25, 0.3) is 0 Å². The molecule has 0 aromatic carbocycles. The number of allylic oxidation sites excluding steroid dienone is 4. The van der Waals surface area contributed by atoms with Crippen molar-refractivity contribution < 1.29 is 20.1 Å². The summed E-state index contributed by atoms with van der Waals surface area (Å²) < 4.78 is 0. The predicted octanol–water partition coefficient (Wildman–Crippen LogP) is 12.2. The molecule has 0 spiro atoms. The smallest absolute Gasteiger partial charge is 0.220 e. The summed E-state index contributed by atoms with van der Waals surface area (Å²) in [5.74, 6) is -0.156. The standard InChI is InChI=1S/C44H85NO4/c1-3-5-7-9-11-13-15-17-19-21-22-23-25-27-29-31-33-35-37-39-43(48)45-41(40-46)44(49)42(47)38-36-34-32-30-28-26-24-20-18-16-14-12-10-8-6-4-2/h20,24,30,32,41-42,44,46-47,49H,3-19,21-23,25-29,31,33-40H2,1-2H3,(H,45,48)/b24-20+,32-30+. The summed E-state index contributed by atoms with van der Waals surface area (Å²) in [6, 6.07) is -0.828. The Hall–Kier alpha value is -1.17. The van der Waals surface area contributed by atoms with E-state index in [0.717, 1.165) is 44.9 Å². The maximum Gasteiger partial charge on any atom is 0.220 e. The van der Waals surface area contributed by atoms with E-state index in [1.54, 1.807) is 0 Å². The second kappa shape index (κ2) is 39.6. The average molecular weight is 692 g/mol. The van der Waals surface area contributed by atoms with Gasteiger partial charge < -0.3 is 20.6 Å². The number of unbranched alkanes of at least 4 members (excludes halogenated alkanes) is 27. The normalized spacial score (nSPS) is 13.8. The first-order valence-electron chi connectivity index (χ1n) is 21.6. The van der Waals surface area contributed by atoms with Gasteiger partial charge in [0.15, 0.2) is 0 Å². The van der Waals surface area contributed by atoms with Crippen LogP contribution in [0.15, 0.2) is 24.3 Å². The van der Waals surface area contributed by atoms with Crippen molar-refractivity contribution >= 4 is 5.91 Å². The highest BCUT2D eigenvalue weighted by Gasteiger charge is 2.26. The summed E-state index contributed by atoms with van der Waals surface area (Å²) in [6.07, 6.45) is 47.1. The Bertz CT molecular complexity index is 724. The van der Waals surface area contributed by atoms with Crippen LogP contribution in [0.3, 0.4) is 0 Å². The van der Waals surface area contributed by atoms with Crippen molar-refractivity contribution in [3.63, 3.8) is 0 Å². The van der Waals surface area contributed by atoms with Gasteiger partial charge >= 0.3 is 0 Å². The van der Waals surface area contributed by atoms with Crippen molar-refractivity contribution in [2.24, 2.45) is 0 Å². The lowest BCUT2D eigenvalue weighted by molar-refractivity contribution is -0.124. The maximum absolute atomic E-state index is 12.4. The molecule has 0 aromatic heterocycles. The van der Waals surface area contributed by atoms with Crippen molar-refractivity contribution in [1.82, 2.24) is 5.32 Å². The lowest BCUT2D eigenvalue weighted by Crippen LogP contribution is -2.50. The van der Waals surface area contributed by atoms with Crippen LogP contribution in [0.1, 0.15) is 226 Å². The van der Waals surface area contributed by atoms with Crippen molar-refractivity contribution in [3.05, 3.63) is 24.3 Å². The lowest BCUT2D eigenvalue weighted by atomic mass is 10.0. The van der Waals surface area contributed by atoms with Crippen LogP contribution in [0.2, 0.25) is 0 Å². The number of carbonyl (C=O) groups excluding carboxylic acids is 1. The first-order valence-corrected chi connectivity index (χ1v) is 21.6. The molecule has 0 heterocycles. The summed E-state index contributed by atoms with van der Waals surface area (Å²) >= 11 is 0. The highest BCUT2D eigenvalue weighted by atomic mass is 16.3. The molecule has 0 saturated carbocycles. The predicted molar refractivity (Wildman–Crippen MR) is 213 cm³/mol. The molecule has 0 fully saturated rings. The monoisotopic (exact) mass is 692 g/mol. The zero-order chi connectivity index (χ0) is 35.9. The molecule has 49 heavy (non-hydrogen) atoms. The average Bonchev–Trinajstić information content (AvgIpc) is 3.10. The number of carbonyl (C=O) groups is 1. The van der Waals surface area contributed by atoms with Gasteiger partial charge in [-0.05, 0) is 51.4 Å². The molecule has 4 N–H and O–H groups in total. The second-order valence-electron chi connectivity index (χ2n) is 14.9. The Morgan fingerprint density at radius 2 is 0.837 bits per heavy atom. The Kier molecular flexibility index (Phi) is 38.7. The van der Waals surface area contributed by atoms with Crippen LogP contribution in [0.5, 0.6) is 0 Å². The number of hydrogen-bond acceptors (Lipinski definition) is 4. The third-order valence-electron chi connectivity index (χ3n) is 10.0. The van der Waals surface area contributed by atoms with Gasteiger partial charge in [-0.3, -0.25) is 4.79 Å². The Balaban J connectivity index is 3.67. The van der Waals surface area contributed by atoms with Crippen LogP contribution in [0, 0.1) is 0 Å². The molecular formula is C44H85NO4. The molecular weight excluding hydrogens is 606 g/mol. The summed E-state index contributed by atoms with van der Waals surface area (Å²) in [6.45, 7) is 4.16. The minimum atomic E-state index is -1.16. The van der Waals surface area contributed by atoms with E-state index in [9.17, 15) is 20.1 Å². The number of aliphatic hydroxyl groups is 3. The van der Waals surface area contributed by atoms with E-state index in [4.69, 9.17) is 0 Å². The molecule has 0 bridgehead atoms. The molecule has 0 aliphatic rings. The Morgan fingerprint density at radius 3 is 1.24 bits per heavy atom. The maximum atomic E-state index is 12.4. The highest BCUT2D eigenvalue weighted by Crippen LogP contribution is 2.16. The van der Waals surface area contributed by atoms with E-state index in [1.165, 1.54) is 154 Å². The molecule has 0 aliphatic heterocycles. The Labute approximate surface area is 305 Å². The lowest BCUT2D eigenvalue weighted by Gasteiger charge is -2.26. The number of rotatable bonds is 39. The fourth-order valence-electron chi connectivity index (χ4n) is 6.65. The van der Waals surface area contributed by atoms with E-state index < -0.39 is 18.2 Å². The number of aliphatic hydroxyl groups excluding tert-OH is 3. The van der Waals surface area contributed by atoms with E-state index in [-0.39, 0.29) is 12.5 Å². The molecule has 5 heteroatoms. The number of hydrogen-bond donors (Lipinski definition) is 4. The number of amides is 1. The quantitative estimate of drug-likeness (QED) is 0.0381. The Morgan fingerprint density at radius 1 is 0.490 bits per heavy atom. The van der Waals surface area contributed by atoms with Gasteiger partial charge in [0.2, 0.25) is 5.91 Å². The van der Waals surface area contributed by atoms with Gasteiger partial charge in [0.05, 0.1) is 18.8 Å².